The molecule has 13 heteroatoms. The third-order valence-electron chi connectivity index (χ3n) is 3.60. The molecule has 0 spiro atoms. The lowest BCUT2D eigenvalue weighted by molar-refractivity contribution is -0.155. The summed E-state index contributed by atoms with van der Waals surface area (Å²) in [4.78, 5) is 4.14. The molecule has 3 aromatic heterocycles. The Bertz CT molecular complexity index is 1070. The molecular formula is C15H15F3N4O4S2. The molecule has 1 atom stereocenters. The van der Waals surface area contributed by atoms with E-state index < -0.39 is 28.0 Å². The second-order valence-corrected chi connectivity index (χ2v) is 9.07. The van der Waals surface area contributed by atoms with E-state index in [1.807, 2.05) is 13.8 Å². The van der Waals surface area contributed by atoms with Crippen molar-refractivity contribution in [3.63, 3.8) is 0 Å². The molecule has 0 radical (unpaired) electrons. The highest BCUT2D eigenvalue weighted by molar-refractivity contribution is 7.91. The van der Waals surface area contributed by atoms with Crippen molar-refractivity contribution in [3.8, 4) is 11.3 Å². The number of thiophene rings is 1. The Morgan fingerprint density at radius 2 is 1.86 bits per heavy atom. The van der Waals surface area contributed by atoms with Crippen LogP contribution in [0.25, 0.3) is 11.3 Å². The van der Waals surface area contributed by atoms with Crippen LogP contribution in [0.1, 0.15) is 50.2 Å². The van der Waals surface area contributed by atoms with Gasteiger partial charge in [-0.15, -0.1) is 11.3 Å². The summed E-state index contributed by atoms with van der Waals surface area (Å²) in [6.07, 6.45) is -4.67. The molecule has 0 fully saturated rings. The van der Waals surface area contributed by atoms with Crippen LogP contribution in [-0.4, -0.2) is 23.7 Å². The minimum atomic E-state index is -4.67. The zero-order valence-electron chi connectivity index (χ0n) is 14.8. The van der Waals surface area contributed by atoms with Gasteiger partial charge in [-0.1, -0.05) is 24.2 Å². The number of hydrogen-bond donors (Lipinski definition) is 1. The third kappa shape index (κ3) is 4.25. The second kappa shape index (κ2) is 7.29. The SMILES string of the molecule is CC(C)c1noc(C(C)NS(=O)(=O)c2cc(-c3cc(C(F)(F)F)on3)cs2)n1. The van der Waals surface area contributed by atoms with Crippen LogP contribution in [0.5, 0.6) is 0 Å². The van der Waals surface area contributed by atoms with Crippen LogP contribution in [0.2, 0.25) is 0 Å². The van der Waals surface area contributed by atoms with E-state index >= 15 is 0 Å². The molecule has 0 amide bonds. The molecule has 28 heavy (non-hydrogen) atoms. The van der Waals surface area contributed by atoms with Gasteiger partial charge in [0.1, 0.15) is 9.90 Å². The standard InChI is InChI=1S/C15H15F3N4O4S2/c1-7(2)13-19-14(26-21-13)8(3)22-28(23,24)12-4-9(6-27-12)10-5-11(25-20-10)15(16,17)18/h4-8,22H,1-3H3. The van der Waals surface area contributed by atoms with Crippen LogP contribution in [0, 0.1) is 0 Å². The minimum Gasteiger partial charge on any atom is -0.351 e. The molecule has 1 N–H and O–H groups in total. The van der Waals surface area contributed by atoms with Gasteiger partial charge >= 0.3 is 6.18 Å². The van der Waals surface area contributed by atoms with Crippen LogP contribution in [0.3, 0.4) is 0 Å². The van der Waals surface area contributed by atoms with E-state index in [2.05, 4.69) is 24.5 Å². The van der Waals surface area contributed by atoms with E-state index in [4.69, 9.17) is 4.52 Å². The van der Waals surface area contributed by atoms with Crippen LogP contribution in [0.4, 0.5) is 13.2 Å². The Morgan fingerprint density at radius 1 is 1.14 bits per heavy atom. The highest BCUT2D eigenvalue weighted by Gasteiger charge is 2.36. The quantitative estimate of drug-likeness (QED) is 0.622. The third-order valence-corrected chi connectivity index (χ3v) is 6.58. The minimum absolute atomic E-state index is 0.0187. The first-order valence-electron chi connectivity index (χ1n) is 7.96. The lowest BCUT2D eigenvalue weighted by Crippen LogP contribution is -2.26. The largest absolute Gasteiger partial charge is 0.452 e. The van der Waals surface area contributed by atoms with E-state index in [0.717, 1.165) is 11.3 Å². The van der Waals surface area contributed by atoms with Gasteiger partial charge in [0, 0.05) is 22.9 Å². The topological polar surface area (TPSA) is 111 Å². The average molecular weight is 436 g/mol. The van der Waals surface area contributed by atoms with E-state index in [-0.39, 0.29) is 27.3 Å². The van der Waals surface area contributed by atoms with E-state index in [9.17, 15) is 21.6 Å². The molecule has 0 aliphatic carbocycles. The predicted molar refractivity (Wildman–Crippen MR) is 91.9 cm³/mol. The first-order valence-corrected chi connectivity index (χ1v) is 10.3. The Kier molecular flexibility index (Phi) is 5.34. The Labute approximate surface area is 161 Å². The molecule has 0 aliphatic rings. The fourth-order valence-electron chi connectivity index (χ4n) is 2.14. The van der Waals surface area contributed by atoms with Crippen LogP contribution >= 0.6 is 11.3 Å². The Hall–Kier alpha value is -2.25. The number of halogens is 3. The molecule has 3 heterocycles. The van der Waals surface area contributed by atoms with Crippen LogP contribution in [-0.2, 0) is 16.2 Å². The van der Waals surface area contributed by atoms with Crippen molar-refractivity contribution in [3.05, 3.63) is 35.0 Å². The van der Waals surface area contributed by atoms with Gasteiger partial charge in [0.05, 0.1) is 6.04 Å². The fourth-order valence-corrected chi connectivity index (χ4v) is 4.52. The van der Waals surface area contributed by atoms with E-state index in [1.54, 1.807) is 0 Å². The predicted octanol–water partition coefficient (Wildman–Crippen LogP) is 3.97. The van der Waals surface area contributed by atoms with Crippen molar-refractivity contribution in [1.82, 2.24) is 20.0 Å². The maximum Gasteiger partial charge on any atom is 0.452 e. The summed E-state index contributed by atoms with van der Waals surface area (Å²) in [6, 6.07) is 1.13. The molecular weight excluding hydrogens is 421 g/mol. The van der Waals surface area contributed by atoms with Crippen molar-refractivity contribution in [1.29, 1.82) is 0 Å². The van der Waals surface area contributed by atoms with Gasteiger partial charge in [0.25, 0.3) is 10.0 Å². The number of nitrogens with one attached hydrogen (secondary N) is 1. The summed E-state index contributed by atoms with van der Waals surface area (Å²) in [6.45, 7) is 5.27. The maximum absolute atomic E-state index is 12.6. The molecule has 152 valence electrons. The molecule has 0 aromatic carbocycles. The number of rotatable bonds is 6. The van der Waals surface area contributed by atoms with Gasteiger partial charge in [-0.2, -0.15) is 22.9 Å². The van der Waals surface area contributed by atoms with E-state index in [0.29, 0.717) is 11.9 Å². The average Bonchev–Trinajstić information content (AvgIpc) is 3.32. The van der Waals surface area contributed by atoms with Gasteiger partial charge in [0.2, 0.25) is 11.7 Å². The van der Waals surface area contributed by atoms with Gasteiger partial charge in [-0.3, -0.25) is 0 Å². The summed E-state index contributed by atoms with van der Waals surface area (Å²) in [5, 5.41) is 8.49. The van der Waals surface area contributed by atoms with Crippen molar-refractivity contribution >= 4 is 21.4 Å². The fraction of sp³-hybridized carbons (Fsp3) is 0.400. The number of hydrogen-bond acceptors (Lipinski definition) is 8. The smallest absolute Gasteiger partial charge is 0.351 e. The number of nitrogens with zero attached hydrogens (tertiary/aromatic N) is 3. The van der Waals surface area contributed by atoms with Crippen molar-refractivity contribution in [2.45, 2.75) is 43.1 Å². The monoisotopic (exact) mass is 436 g/mol. The molecule has 0 aliphatic heterocycles. The van der Waals surface area contributed by atoms with Gasteiger partial charge in [0.15, 0.2) is 5.82 Å². The Morgan fingerprint density at radius 3 is 2.43 bits per heavy atom. The summed E-state index contributed by atoms with van der Waals surface area (Å²) in [5.74, 6) is -0.686. The van der Waals surface area contributed by atoms with E-state index in [1.165, 1.54) is 18.4 Å². The second-order valence-electron chi connectivity index (χ2n) is 6.22. The first-order chi connectivity index (χ1) is 13.0. The molecule has 0 saturated heterocycles. The lowest BCUT2D eigenvalue weighted by Gasteiger charge is -2.08. The summed E-state index contributed by atoms with van der Waals surface area (Å²) in [7, 11) is -3.97. The van der Waals surface area contributed by atoms with Crippen molar-refractivity contribution in [2.24, 2.45) is 0 Å². The molecule has 0 saturated carbocycles. The molecule has 0 bridgehead atoms. The summed E-state index contributed by atoms with van der Waals surface area (Å²) < 4.78 is 74.6. The van der Waals surface area contributed by atoms with Crippen LogP contribution < -0.4 is 4.72 Å². The highest BCUT2D eigenvalue weighted by atomic mass is 32.2. The van der Waals surface area contributed by atoms with Gasteiger partial charge in [-0.05, 0) is 13.0 Å². The Balaban J connectivity index is 1.78. The number of alkyl halides is 3. The van der Waals surface area contributed by atoms with Gasteiger partial charge in [-0.25, -0.2) is 8.42 Å². The lowest BCUT2D eigenvalue weighted by atomic mass is 10.2. The maximum atomic E-state index is 12.6. The normalized spacial score (nSPS) is 14.0. The van der Waals surface area contributed by atoms with Crippen molar-refractivity contribution in [2.75, 3.05) is 0 Å². The molecule has 1 unspecified atom stereocenters. The summed E-state index contributed by atoms with van der Waals surface area (Å²) >= 11 is 0.835. The zero-order chi connectivity index (χ0) is 20.7. The van der Waals surface area contributed by atoms with Gasteiger partial charge < -0.3 is 9.05 Å². The zero-order valence-corrected chi connectivity index (χ0v) is 16.4. The highest BCUT2D eigenvalue weighted by Crippen LogP contribution is 2.34. The molecule has 3 aromatic rings. The number of aromatic nitrogens is 3. The molecule has 3 rings (SSSR count). The van der Waals surface area contributed by atoms with Crippen molar-refractivity contribution < 1.29 is 30.6 Å². The summed E-state index contributed by atoms with van der Waals surface area (Å²) in [5.41, 5.74) is 0.0775. The van der Waals surface area contributed by atoms with Crippen LogP contribution in [0.15, 0.2) is 30.8 Å². The first kappa shape index (κ1) is 20.5. The number of sulfonamides is 1. The molecule has 8 nitrogen and oxygen atoms in total.